The van der Waals surface area contributed by atoms with Gasteiger partial charge in [0.05, 0.1) is 40.5 Å². The van der Waals surface area contributed by atoms with Crippen LogP contribution in [0.5, 0.6) is 0 Å². The molecule has 1 atom stereocenters. The van der Waals surface area contributed by atoms with Gasteiger partial charge in [-0.25, -0.2) is 18.2 Å². The average Bonchev–Trinajstić information content (AvgIpc) is 2.91. The summed E-state index contributed by atoms with van der Waals surface area (Å²) in [5.41, 5.74) is 1.52. The summed E-state index contributed by atoms with van der Waals surface area (Å²) in [6.45, 7) is 0. The summed E-state index contributed by atoms with van der Waals surface area (Å²) in [7, 11) is -2.98. The lowest BCUT2D eigenvalue weighted by molar-refractivity contribution is 0.0697. The molecule has 1 N–H and O–H groups in total. The van der Waals surface area contributed by atoms with Crippen molar-refractivity contribution >= 4 is 26.8 Å². The molecular formula is C12H12N2O4S. The molecular weight excluding hydrogens is 268 g/mol. The monoisotopic (exact) mass is 280 g/mol. The molecule has 0 radical (unpaired) electrons. The molecule has 1 aromatic heterocycles. The van der Waals surface area contributed by atoms with Gasteiger partial charge in [-0.1, -0.05) is 0 Å². The lowest BCUT2D eigenvalue weighted by Gasteiger charge is -2.11. The Morgan fingerprint density at radius 1 is 1.42 bits per heavy atom. The first-order chi connectivity index (χ1) is 8.96. The zero-order valence-corrected chi connectivity index (χ0v) is 10.8. The molecule has 19 heavy (non-hydrogen) atoms. The number of aromatic nitrogens is 2. The molecule has 0 saturated carbocycles. The van der Waals surface area contributed by atoms with Crippen LogP contribution in [0, 0.1) is 0 Å². The number of rotatable bonds is 2. The summed E-state index contributed by atoms with van der Waals surface area (Å²) in [6, 6.07) is 4.51. The normalized spacial score (nSPS) is 21.8. The maximum Gasteiger partial charge on any atom is 0.335 e. The number of nitrogens with zero attached hydrogens (tertiary/aromatic N) is 2. The van der Waals surface area contributed by atoms with Crippen LogP contribution in [-0.2, 0) is 9.84 Å². The molecule has 1 aliphatic heterocycles. The molecule has 6 nitrogen and oxygen atoms in total. The number of imidazole rings is 1. The highest BCUT2D eigenvalue weighted by Gasteiger charge is 2.29. The zero-order chi connectivity index (χ0) is 13.6. The van der Waals surface area contributed by atoms with Crippen molar-refractivity contribution in [3.63, 3.8) is 0 Å². The molecule has 3 rings (SSSR count). The Bertz CT molecular complexity index is 763. The largest absolute Gasteiger partial charge is 0.478 e. The number of fused-ring (bicyclic) bond motifs is 1. The fourth-order valence-corrected chi connectivity index (χ4v) is 4.16. The van der Waals surface area contributed by atoms with E-state index in [9.17, 15) is 13.2 Å². The van der Waals surface area contributed by atoms with Gasteiger partial charge in [-0.05, 0) is 24.6 Å². The second-order valence-electron chi connectivity index (χ2n) is 4.72. The minimum atomic E-state index is -2.98. The minimum absolute atomic E-state index is 0.0930. The number of hydrogen-bond donors (Lipinski definition) is 1. The number of hydrogen-bond acceptors (Lipinski definition) is 4. The van der Waals surface area contributed by atoms with E-state index in [1.807, 2.05) is 0 Å². The zero-order valence-electron chi connectivity index (χ0n) is 9.98. The molecule has 1 aromatic carbocycles. The van der Waals surface area contributed by atoms with E-state index in [1.165, 1.54) is 12.1 Å². The molecule has 0 spiro atoms. The van der Waals surface area contributed by atoms with E-state index in [4.69, 9.17) is 5.11 Å². The van der Waals surface area contributed by atoms with Crippen molar-refractivity contribution in [2.24, 2.45) is 0 Å². The van der Waals surface area contributed by atoms with Crippen LogP contribution >= 0.6 is 0 Å². The van der Waals surface area contributed by atoms with Crippen molar-refractivity contribution in [3.05, 3.63) is 30.1 Å². The van der Waals surface area contributed by atoms with Crippen LogP contribution < -0.4 is 0 Å². The van der Waals surface area contributed by atoms with Crippen LogP contribution in [0.2, 0.25) is 0 Å². The third-order valence-corrected chi connectivity index (χ3v) is 5.17. The number of carboxylic acid groups (broad SMARTS) is 1. The van der Waals surface area contributed by atoms with Crippen molar-refractivity contribution in [2.45, 2.75) is 12.5 Å². The molecule has 7 heteroatoms. The van der Waals surface area contributed by atoms with Crippen molar-refractivity contribution in [2.75, 3.05) is 11.5 Å². The molecule has 1 fully saturated rings. The maximum atomic E-state index is 11.5. The van der Waals surface area contributed by atoms with Crippen LogP contribution in [0.4, 0.5) is 0 Å². The summed E-state index contributed by atoms with van der Waals surface area (Å²) < 4.78 is 24.8. The highest BCUT2D eigenvalue weighted by Crippen LogP contribution is 2.27. The van der Waals surface area contributed by atoms with E-state index in [0.29, 0.717) is 17.5 Å². The van der Waals surface area contributed by atoms with E-state index in [0.717, 1.165) is 0 Å². The smallest absolute Gasteiger partial charge is 0.335 e. The lowest BCUT2D eigenvalue weighted by atomic mass is 10.2. The van der Waals surface area contributed by atoms with E-state index in [-0.39, 0.29) is 23.1 Å². The highest BCUT2D eigenvalue weighted by molar-refractivity contribution is 7.91. The average molecular weight is 280 g/mol. The Kier molecular flexibility index (Phi) is 2.60. The van der Waals surface area contributed by atoms with E-state index >= 15 is 0 Å². The highest BCUT2D eigenvalue weighted by atomic mass is 32.2. The summed E-state index contributed by atoms with van der Waals surface area (Å²) >= 11 is 0. The van der Waals surface area contributed by atoms with Gasteiger partial charge >= 0.3 is 5.97 Å². The fraction of sp³-hybridized carbons (Fsp3) is 0.333. The van der Waals surface area contributed by atoms with Crippen LogP contribution in [0.15, 0.2) is 24.5 Å². The summed E-state index contributed by atoms with van der Waals surface area (Å²) in [5, 5.41) is 9.00. The number of sulfone groups is 1. The standard InChI is InChI=1S/C12H12N2O4S/c15-12(16)8-1-2-10-11(5-8)14(7-13-10)9-3-4-19(17,18)6-9/h1-2,5,7,9H,3-4,6H2,(H,15,16). The topological polar surface area (TPSA) is 89.3 Å². The van der Waals surface area contributed by atoms with Crippen LogP contribution in [0.1, 0.15) is 22.8 Å². The van der Waals surface area contributed by atoms with Gasteiger partial charge in [0.2, 0.25) is 0 Å². The molecule has 100 valence electrons. The molecule has 1 aliphatic rings. The molecule has 2 aromatic rings. The summed E-state index contributed by atoms with van der Waals surface area (Å²) in [5.74, 6) is -0.736. The van der Waals surface area contributed by atoms with Gasteiger partial charge in [-0.3, -0.25) is 0 Å². The van der Waals surface area contributed by atoms with Gasteiger partial charge in [0.1, 0.15) is 0 Å². The minimum Gasteiger partial charge on any atom is -0.478 e. The van der Waals surface area contributed by atoms with Crippen molar-refractivity contribution in [3.8, 4) is 0 Å². The van der Waals surface area contributed by atoms with Gasteiger partial charge in [-0.15, -0.1) is 0 Å². The second-order valence-corrected chi connectivity index (χ2v) is 6.95. The van der Waals surface area contributed by atoms with Gasteiger partial charge in [0, 0.05) is 0 Å². The number of benzene rings is 1. The van der Waals surface area contributed by atoms with Crippen molar-refractivity contribution < 1.29 is 18.3 Å². The van der Waals surface area contributed by atoms with Crippen molar-refractivity contribution in [1.82, 2.24) is 9.55 Å². The first-order valence-corrected chi connectivity index (χ1v) is 7.69. The lowest BCUT2D eigenvalue weighted by Crippen LogP contribution is -2.10. The van der Waals surface area contributed by atoms with Gasteiger partial charge in [-0.2, -0.15) is 0 Å². The molecule has 0 amide bonds. The third-order valence-electron chi connectivity index (χ3n) is 3.42. The number of aromatic carboxylic acids is 1. The van der Waals surface area contributed by atoms with Gasteiger partial charge in [0.15, 0.2) is 9.84 Å². The molecule has 2 heterocycles. The third kappa shape index (κ3) is 2.10. The Balaban J connectivity index is 2.09. The number of carboxylic acids is 1. The Hall–Kier alpha value is -1.89. The van der Waals surface area contributed by atoms with Crippen LogP contribution in [-0.4, -0.2) is 40.6 Å². The first kappa shape index (κ1) is 12.2. The van der Waals surface area contributed by atoms with E-state index in [2.05, 4.69) is 4.98 Å². The predicted octanol–water partition coefficient (Wildman–Crippen LogP) is 1.09. The van der Waals surface area contributed by atoms with Gasteiger partial charge in [0.25, 0.3) is 0 Å². The van der Waals surface area contributed by atoms with Crippen LogP contribution in [0.25, 0.3) is 11.0 Å². The SMILES string of the molecule is O=C(O)c1ccc2ncn(C3CCS(=O)(=O)C3)c2c1. The molecule has 1 unspecified atom stereocenters. The first-order valence-electron chi connectivity index (χ1n) is 5.86. The molecule has 1 saturated heterocycles. The molecule has 0 aliphatic carbocycles. The quantitative estimate of drug-likeness (QED) is 0.889. The Morgan fingerprint density at radius 2 is 2.21 bits per heavy atom. The van der Waals surface area contributed by atoms with E-state index in [1.54, 1.807) is 17.0 Å². The fourth-order valence-electron chi connectivity index (χ4n) is 2.44. The Labute approximate surface area is 109 Å². The maximum absolute atomic E-state index is 11.5. The Morgan fingerprint density at radius 3 is 2.84 bits per heavy atom. The summed E-state index contributed by atoms with van der Waals surface area (Å²) in [4.78, 5) is 15.2. The van der Waals surface area contributed by atoms with E-state index < -0.39 is 15.8 Å². The number of carbonyl (C=O) groups is 1. The summed E-state index contributed by atoms with van der Waals surface area (Å²) in [6.07, 6.45) is 2.13. The van der Waals surface area contributed by atoms with Crippen molar-refractivity contribution in [1.29, 1.82) is 0 Å². The van der Waals surface area contributed by atoms with Crippen LogP contribution in [0.3, 0.4) is 0 Å². The molecule has 0 bridgehead atoms. The van der Waals surface area contributed by atoms with Gasteiger partial charge < -0.3 is 9.67 Å². The predicted molar refractivity (Wildman–Crippen MR) is 69.0 cm³/mol. The second kappa shape index (κ2) is 4.06.